The largest absolute Gasteiger partial charge is 0.322 e. The normalized spacial score (nSPS) is 16.1. The number of halogens is 1. The summed E-state index contributed by atoms with van der Waals surface area (Å²) in [5, 5.41) is 2.62. The third-order valence-electron chi connectivity index (χ3n) is 4.83. The zero-order chi connectivity index (χ0) is 20.4. The number of nitrogens with one attached hydrogen (secondary N) is 1. The number of hydrogen-bond donors (Lipinski definition) is 1. The Balaban J connectivity index is 1.62. The lowest BCUT2D eigenvalue weighted by molar-refractivity contribution is -0.115. The lowest BCUT2D eigenvalue weighted by atomic mass is 10.1. The first kappa shape index (κ1) is 19.2. The van der Waals surface area contributed by atoms with E-state index in [2.05, 4.69) is 5.32 Å². The molecule has 0 unspecified atom stereocenters. The summed E-state index contributed by atoms with van der Waals surface area (Å²) >= 11 is 1.49. The van der Waals surface area contributed by atoms with Crippen LogP contribution >= 0.6 is 11.8 Å². The maximum absolute atomic E-state index is 14.1. The second-order valence-corrected chi connectivity index (χ2v) is 7.83. The summed E-state index contributed by atoms with van der Waals surface area (Å²) in [6.07, 6.45) is 0. The maximum atomic E-state index is 14.1. The van der Waals surface area contributed by atoms with E-state index in [9.17, 15) is 14.0 Å². The highest BCUT2D eigenvalue weighted by molar-refractivity contribution is 8.00. The Morgan fingerprint density at radius 1 is 1.07 bits per heavy atom. The van der Waals surface area contributed by atoms with E-state index in [-0.39, 0.29) is 23.0 Å². The number of benzene rings is 3. The third kappa shape index (κ3) is 3.89. The molecule has 1 N–H and O–H groups in total. The standard InChI is InChI=1S/C23H19FN2O2S/c1-15-19(24)11-6-12-20(15)26-21(27)14-29-23(26)17-9-5-10-18(13-17)25-22(28)16-7-3-2-4-8-16/h2-13,23H,14H2,1H3,(H,25,28)/t23-/m0/s1. The van der Waals surface area contributed by atoms with Gasteiger partial charge >= 0.3 is 0 Å². The van der Waals surface area contributed by atoms with Gasteiger partial charge in [0.1, 0.15) is 11.2 Å². The molecule has 146 valence electrons. The number of anilines is 2. The first-order chi connectivity index (χ1) is 14.0. The Morgan fingerprint density at radius 3 is 2.62 bits per heavy atom. The van der Waals surface area contributed by atoms with Gasteiger partial charge in [-0.15, -0.1) is 11.8 Å². The fourth-order valence-corrected chi connectivity index (χ4v) is 4.51. The van der Waals surface area contributed by atoms with Crippen molar-refractivity contribution < 1.29 is 14.0 Å². The van der Waals surface area contributed by atoms with Crippen molar-refractivity contribution in [3.8, 4) is 0 Å². The third-order valence-corrected chi connectivity index (χ3v) is 6.04. The summed E-state index contributed by atoms with van der Waals surface area (Å²) in [4.78, 5) is 26.7. The van der Waals surface area contributed by atoms with Gasteiger partial charge in [0, 0.05) is 16.8 Å². The minimum Gasteiger partial charge on any atom is -0.322 e. The summed E-state index contributed by atoms with van der Waals surface area (Å²) in [7, 11) is 0. The van der Waals surface area contributed by atoms with Crippen molar-refractivity contribution in [3.63, 3.8) is 0 Å². The average molecular weight is 406 g/mol. The summed E-state index contributed by atoms with van der Waals surface area (Å²) in [5.74, 6) is -0.278. The van der Waals surface area contributed by atoms with E-state index in [1.165, 1.54) is 17.8 Å². The van der Waals surface area contributed by atoms with Crippen LogP contribution in [0.4, 0.5) is 15.8 Å². The number of hydrogen-bond acceptors (Lipinski definition) is 3. The number of rotatable bonds is 4. The summed E-state index contributed by atoms with van der Waals surface area (Å²) in [6, 6.07) is 21.2. The molecule has 1 aliphatic rings. The van der Waals surface area contributed by atoms with E-state index in [4.69, 9.17) is 0 Å². The second kappa shape index (κ2) is 8.09. The van der Waals surface area contributed by atoms with Gasteiger partial charge in [-0.25, -0.2) is 4.39 Å². The van der Waals surface area contributed by atoms with Gasteiger partial charge in [-0.2, -0.15) is 0 Å². The SMILES string of the molecule is Cc1c(F)cccc1N1C(=O)CS[C@H]1c1cccc(NC(=O)c2ccccc2)c1. The first-order valence-electron chi connectivity index (χ1n) is 9.20. The molecule has 1 fully saturated rings. The fraction of sp³-hybridized carbons (Fsp3) is 0.130. The van der Waals surface area contributed by atoms with Gasteiger partial charge in [0.05, 0.1) is 11.4 Å². The zero-order valence-corrected chi connectivity index (χ0v) is 16.6. The molecule has 29 heavy (non-hydrogen) atoms. The highest BCUT2D eigenvalue weighted by Gasteiger charge is 2.35. The molecule has 4 rings (SSSR count). The van der Waals surface area contributed by atoms with Crippen LogP contribution in [0.3, 0.4) is 0 Å². The Kier molecular flexibility index (Phi) is 5.36. The molecular formula is C23H19FN2O2S. The first-order valence-corrected chi connectivity index (χ1v) is 10.2. The van der Waals surface area contributed by atoms with Gasteiger partial charge in [-0.3, -0.25) is 14.5 Å². The maximum Gasteiger partial charge on any atom is 0.255 e. The molecule has 0 aliphatic carbocycles. The fourth-order valence-electron chi connectivity index (χ4n) is 3.35. The van der Waals surface area contributed by atoms with Crippen LogP contribution in [0.15, 0.2) is 72.8 Å². The molecule has 0 aromatic heterocycles. The van der Waals surface area contributed by atoms with Crippen LogP contribution in [-0.4, -0.2) is 17.6 Å². The number of carbonyl (C=O) groups is 2. The van der Waals surface area contributed by atoms with E-state index in [0.29, 0.717) is 28.3 Å². The zero-order valence-electron chi connectivity index (χ0n) is 15.8. The molecule has 6 heteroatoms. The molecule has 1 heterocycles. The van der Waals surface area contributed by atoms with Crippen LogP contribution < -0.4 is 10.2 Å². The van der Waals surface area contributed by atoms with E-state index < -0.39 is 0 Å². The minimum absolute atomic E-state index is 0.0626. The van der Waals surface area contributed by atoms with Crippen molar-refractivity contribution in [2.45, 2.75) is 12.3 Å². The van der Waals surface area contributed by atoms with Crippen molar-refractivity contribution in [1.29, 1.82) is 0 Å². The van der Waals surface area contributed by atoms with Crippen molar-refractivity contribution in [2.24, 2.45) is 0 Å². The smallest absolute Gasteiger partial charge is 0.255 e. The molecule has 0 bridgehead atoms. The van der Waals surface area contributed by atoms with Crippen molar-refractivity contribution >= 4 is 35.0 Å². The van der Waals surface area contributed by atoms with Crippen LogP contribution in [0.5, 0.6) is 0 Å². The quantitative estimate of drug-likeness (QED) is 0.651. The van der Waals surface area contributed by atoms with Crippen molar-refractivity contribution in [1.82, 2.24) is 0 Å². The molecule has 1 atom stereocenters. The van der Waals surface area contributed by atoms with E-state index in [1.807, 2.05) is 42.5 Å². The topological polar surface area (TPSA) is 49.4 Å². The number of nitrogens with zero attached hydrogens (tertiary/aromatic N) is 1. The average Bonchev–Trinajstić information content (AvgIpc) is 3.12. The van der Waals surface area contributed by atoms with Crippen LogP contribution in [0.25, 0.3) is 0 Å². The van der Waals surface area contributed by atoms with Gasteiger partial charge in [0.2, 0.25) is 5.91 Å². The lowest BCUT2D eigenvalue weighted by Crippen LogP contribution is -2.28. The van der Waals surface area contributed by atoms with E-state index in [0.717, 1.165) is 5.56 Å². The Hall–Kier alpha value is -3.12. The molecule has 1 saturated heterocycles. The molecule has 3 aromatic rings. The van der Waals surface area contributed by atoms with Gasteiger partial charge in [-0.1, -0.05) is 36.4 Å². The molecule has 1 aliphatic heterocycles. The molecule has 3 aromatic carbocycles. The predicted octanol–water partition coefficient (Wildman–Crippen LogP) is 5.17. The van der Waals surface area contributed by atoms with E-state index >= 15 is 0 Å². The molecule has 0 radical (unpaired) electrons. The van der Waals surface area contributed by atoms with Crippen LogP contribution in [0.1, 0.15) is 26.9 Å². The van der Waals surface area contributed by atoms with E-state index in [1.54, 1.807) is 36.1 Å². The monoisotopic (exact) mass is 406 g/mol. The summed E-state index contributed by atoms with van der Waals surface area (Å²) in [5.41, 5.74) is 3.11. The van der Waals surface area contributed by atoms with Crippen LogP contribution in [0, 0.1) is 12.7 Å². The predicted molar refractivity (Wildman–Crippen MR) is 115 cm³/mol. The van der Waals surface area contributed by atoms with Gasteiger partial charge in [0.25, 0.3) is 5.91 Å². The second-order valence-electron chi connectivity index (χ2n) is 6.76. The van der Waals surface area contributed by atoms with Gasteiger partial charge in [0.15, 0.2) is 0 Å². The molecular weight excluding hydrogens is 387 g/mol. The van der Waals surface area contributed by atoms with Crippen LogP contribution in [-0.2, 0) is 4.79 Å². The Bertz CT molecular complexity index is 1070. The highest BCUT2D eigenvalue weighted by Crippen LogP contribution is 2.43. The lowest BCUT2D eigenvalue weighted by Gasteiger charge is -2.26. The Morgan fingerprint density at radius 2 is 1.83 bits per heavy atom. The minimum atomic E-state index is -0.338. The summed E-state index contributed by atoms with van der Waals surface area (Å²) < 4.78 is 14.1. The number of carbonyl (C=O) groups excluding carboxylic acids is 2. The molecule has 0 saturated carbocycles. The van der Waals surface area contributed by atoms with Crippen molar-refractivity contribution in [2.75, 3.05) is 16.0 Å². The molecule has 4 nitrogen and oxygen atoms in total. The van der Waals surface area contributed by atoms with Gasteiger partial charge < -0.3 is 5.32 Å². The van der Waals surface area contributed by atoms with Crippen LogP contribution in [0.2, 0.25) is 0 Å². The van der Waals surface area contributed by atoms with Gasteiger partial charge in [-0.05, 0) is 48.9 Å². The van der Waals surface area contributed by atoms with Crippen molar-refractivity contribution in [3.05, 3.63) is 95.3 Å². The molecule has 2 amide bonds. The highest BCUT2D eigenvalue weighted by atomic mass is 32.2. The Labute approximate surface area is 172 Å². The number of amides is 2. The summed E-state index contributed by atoms with van der Waals surface area (Å²) in [6.45, 7) is 1.68. The number of thioether (sulfide) groups is 1. The molecule has 0 spiro atoms.